The maximum atomic E-state index is 12.9. The number of rotatable bonds is 7. The third kappa shape index (κ3) is 4.59. The molecule has 1 heterocycles. The van der Waals surface area contributed by atoms with Gasteiger partial charge in [-0.25, -0.2) is 0 Å². The highest BCUT2D eigenvalue weighted by atomic mass is 16.5. The van der Waals surface area contributed by atoms with Gasteiger partial charge in [-0.3, -0.25) is 9.59 Å². The fourth-order valence-electron chi connectivity index (χ4n) is 2.39. The van der Waals surface area contributed by atoms with Crippen molar-refractivity contribution in [3.8, 4) is 5.75 Å². The largest absolute Gasteiger partial charge is 0.496 e. The van der Waals surface area contributed by atoms with Gasteiger partial charge in [0.25, 0.3) is 5.91 Å². The number of carbonyl (C=O) groups excluding carboxylic acids is 2. The van der Waals surface area contributed by atoms with Crippen LogP contribution in [0.15, 0.2) is 34.9 Å². The molecule has 2 rings (SSSR count). The van der Waals surface area contributed by atoms with Crippen LogP contribution in [0.25, 0.3) is 0 Å². The van der Waals surface area contributed by atoms with Crippen molar-refractivity contribution >= 4 is 17.6 Å². The van der Waals surface area contributed by atoms with Crippen LogP contribution in [-0.4, -0.2) is 41.6 Å². The van der Waals surface area contributed by atoms with Gasteiger partial charge in [-0.15, -0.1) is 0 Å². The van der Waals surface area contributed by atoms with E-state index in [9.17, 15) is 9.59 Å². The Morgan fingerprint density at radius 1 is 1.36 bits per heavy atom. The van der Waals surface area contributed by atoms with E-state index in [1.807, 2.05) is 13.8 Å². The number of hydrogen-bond donors (Lipinski definition) is 1. The van der Waals surface area contributed by atoms with E-state index in [-0.39, 0.29) is 24.4 Å². The SMILES string of the molecule is CCC(C)N(CC(=O)Nc1cc(C)on1)C(=O)c1ccccc1OC. The molecule has 0 aliphatic carbocycles. The summed E-state index contributed by atoms with van der Waals surface area (Å²) in [5.74, 6) is 0.819. The minimum absolute atomic E-state index is 0.0855. The van der Waals surface area contributed by atoms with Crippen molar-refractivity contribution in [1.29, 1.82) is 0 Å². The van der Waals surface area contributed by atoms with Gasteiger partial charge in [-0.1, -0.05) is 24.2 Å². The number of benzene rings is 1. The first-order valence-corrected chi connectivity index (χ1v) is 8.13. The van der Waals surface area contributed by atoms with Gasteiger partial charge in [0, 0.05) is 12.1 Å². The van der Waals surface area contributed by atoms with E-state index >= 15 is 0 Å². The molecule has 1 atom stereocenters. The van der Waals surface area contributed by atoms with Gasteiger partial charge >= 0.3 is 0 Å². The number of methoxy groups -OCH3 is 1. The second-order valence-electron chi connectivity index (χ2n) is 5.76. The van der Waals surface area contributed by atoms with E-state index in [0.717, 1.165) is 6.42 Å². The molecule has 1 aromatic heterocycles. The lowest BCUT2D eigenvalue weighted by Crippen LogP contribution is -2.43. The maximum Gasteiger partial charge on any atom is 0.258 e. The van der Waals surface area contributed by atoms with Gasteiger partial charge in [0.2, 0.25) is 5.91 Å². The van der Waals surface area contributed by atoms with Gasteiger partial charge in [0.1, 0.15) is 18.1 Å². The van der Waals surface area contributed by atoms with Crippen LogP contribution < -0.4 is 10.1 Å². The van der Waals surface area contributed by atoms with Gasteiger partial charge in [0.05, 0.1) is 12.7 Å². The molecule has 0 saturated heterocycles. The Kier molecular flexibility index (Phi) is 6.16. The maximum absolute atomic E-state index is 12.9. The van der Waals surface area contributed by atoms with Crippen molar-refractivity contribution in [2.75, 3.05) is 19.0 Å². The second-order valence-corrected chi connectivity index (χ2v) is 5.76. The number of amides is 2. The molecular weight excluding hydrogens is 322 g/mol. The Bertz CT molecular complexity index is 741. The summed E-state index contributed by atoms with van der Waals surface area (Å²) in [5.41, 5.74) is 0.426. The Morgan fingerprint density at radius 2 is 2.08 bits per heavy atom. The van der Waals surface area contributed by atoms with E-state index in [2.05, 4.69) is 10.5 Å². The van der Waals surface area contributed by atoms with E-state index < -0.39 is 0 Å². The van der Waals surface area contributed by atoms with Crippen LogP contribution in [-0.2, 0) is 4.79 Å². The van der Waals surface area contributed by atoms with Crippen molar-refractivity contribution < 1.29 is 18.8 Å². The second kappa shape index (κ2) is 8.32. The summed E-state index contributed by atoms with van der Waals surface area (Å²) in [7, 11) is 1.51. The summed E-state index contributed by atoms with van der Waals surface area (Å²) >= 11 is 0. The zero-order valence-electron chi connectivity index (χ0n) is 14.9. The molecule has 0 spiro atoms. The molecule has 0 radical (unpaired) electrons. The first-order valence-electron chi connectivity index (χ1n) is 8.13. The van der Waals surface area contributed by atoms with E-state index in [4.69, 9.17) is 9.26 Å². The number of hydrogen-bond acceptors (Lipinski definition) is 5. The Morgan fingerprint density at radius 3 is 2.68 bits per heavy atom. The predicted molar refractivity (Wildman–Crippen MR) is 93.7 cm³/mol. The highest BCUT2D eigenvalue weighted by Crippen LogP contribution is 2.21. The number of ether oxygens (including phenoxy) is 1. The molecule has 134 valence electrons. The fourth-order valence-corrected chi connectivity index (χ4v) is 2.39. The minimum atomic E-state index is -0.336. The molecule has 1 unspecified atom stereocenters. The third-order valence-corrected chi connectivity index (χ3v) is 3.93. The van der Waals surface area contributed by atoms with Gasteiger partial charge in [-0.05, 0) is 32.4 Å². The topological polar surface area (TPSA) is 84.7 Å². The molecule has 1 N–H and O–H groups in total. The average molecular weight is 345 g/mol. The first kappa shape index (κ1) is 18.5. The van der Waals surface area contributed by atoms with Crippen molar-refractivity contribution in [2.45, 2.75) is 33.2 Å². The molecule has 7 nitrogen and oxygen atoms in total. The van der Waals surface area contributed by atoms with Crippen LogP contribution in [0.3, 0.4) is 0 Å². The van der Waals surface area contributed by atoms with Crippen LogP contribution in [0.5, 0.6) is 5.75 Å². The molecule has 0 aliphatic rings. The number of nitrogens with one attached hydrogen (secondary N) is 1. The van der Waals surface area contributed by atoms with E-state index in [1.165, 1.54) is 12.0 Å². The van der Waals surface area contributed by atoms with E-state index in [1.54, 1.807) is 37.3 Å². The number of para-hydroxylation sites is 1. The quantitative estimate of drug-likeness (QED) is 0.834. The highest BCUT2D eigenvalue weighted by molar-refractivity contribution is 6.00. The summed E-state index contributed by atoms with van der Waals surface area (Å²) in [5, 5.41) is 6.37. The molecule has 2 aromatic rings. The molecule has 1 aromatic carbocycles. The summed E-state index contributed by atoms with van der Waals surface area (Å²) in [6.07, 6.45) is 0.719. The summed E-state index contributed by atoms with van der Waals surface area (Å²) in [6.45, 7) is 5.52. The normalized spacial score (nSPS) is 11.7. The summed E-state index contributed by atoms with van der Waals surface area (Å²) < 4.78 is 10.2. The number of aryl methyl sites for hydroxylation is 1. The average Bonchev–Trinajstić information content (AvgIpc) is 3.03. The molecule has 0 saturated carbocycles. The lowest BCUT2D eigenvalue weighted by molar-refractivity contribution is -0.117. The highest BCUT2D eigenvalue weighted by Gasteiger charge is 2.25. The Hall–Kier alpha value is -2.83. The van der Waals surface area contributed by atoms with Gasteiger partial charge in [-0.2, -0.15) is 0 Å². The standard InChI is InChI=1S/C18H23N3O4/c1-5-12(2)21(11-17(22)19-16-10-13(3)25-20-16)18(23)14-8-6-7-9-15(14)24-4/h6-10,12H,5,11H2,1-4H3,(H,19,20,22). The molecule has 7 heteroatoms. The number of carbonyl (C=O) groups is 2. The van der Waals surface area contributed by atoms with E-state index in [0.29, 0.717) is 22.9 Å². The monoisotopic (exact) mass is 345 g/mol. The van der Waals surface area contributed by atoms with Gasteiger partial charge in [0.15, 0.2) is 5.82 Å². The number of aromatic nitrogens is 1. The van der Waals surface area contributed by atoms with Gasteiger partial charge < -0.3 is 19.5 Å². The summed E-state index contributed by atoms with van der Waals surface area (Å²) in [6, 6.07) is 8.48. The molecule has 2 amide bonds. The van der Waals surface area contributed by atoms with Crippen LogP contribution in [0.1, 0.15) is 36.4 Å². The molecule has 25 heavy (non-hydrogen) atoms. The third-order valence-electron chi connectivity index (χ3n) is 3.93. The Labute approximate surface area is 146 Å². The van der Waals surface area contributed by atoms with Crippen LogP contribution in [0.2, 0.25) is 0 Å². The first-order chi connectivity index (χ1) is 12.0. The zero-order chi connectivity index (χ0) is 18.4. The van der Waals surface area contributed by atoms with Crippen molar-refractivity contribution in [3.63, 3.8) is 0 Å². The van der Waals surface area contributed by atoms with Crippen LogP contribution in [0, 0.1) is 6.92 Å². The molecule has 0 bridgehead atoms. The lowest BCUT2D eigenvalue weighted by atomic mass is 10.1. The van der Waals surface area contributed by atoms with Crippen molar-refractivity contribution in [1.82, 2.24) is 10.1 Å². The van der Waals surface area contributed by atoms with Crippen LogP contribution in [0.4, 0.5) is 5.82 Å². The van der Waals surface area contributed by atoms with Crippen LogP contribution >= 0.6 is 0 Å². The lowest BCUT2D eigenvalue weighted by Gasteiger charge is -2.28. The molecule has 0 aliphatic heterocycles. The zero-order valence-corrected chi connectivity index (χ0v) is 14.9. The van der Waals surface area contributed by atoms with Crippen molar-refractivity contribution in [3.05, 3.63) is 41.7 Å². The Balaban J connectivity index is 2.18. The van der Waals surface area contributed by atoms with Crippen molar-refractivity contribution in [2.24, 2.45) is 0 Å². The number of anilines is 1. The fraction of sp³-hybridized carbons (Fsp3) is 0.389. The number of nitrogens with zero attached hydrogens (tertiary/aromatic N) is 2. The molecule has 0 fully saturated rings. The smallest absolute Gasteiger partial charge is 0.258 e. The minimum Gasteiger partial charge on any atom is -0.496 e. The molecular formula is C18H23N3O4. The summed E-state index contributed by atoms with van der Waals surface area (Å²) in [4.78, 5) is 26.8. The predicted octanol–water partition coefficient (Wildman–Crippen LogP) is 2.87.